The fourth-order valence-corrected chi connectivity index (χ4v) is 1.27. The van der Waals surface area contributed by atoms with E-state index in [1.165, 1.54) is 0 Å². The summed E-state index contributed by atoms with van der Waals surface area (Å²) in [5, 5.41) is 5.77. The van der Waals surface area contributed by atoms with Crippen LogP contribution in [0.4, 0.5) is 0 Å². The minimum absolute atomic E-state index is 0.0167. The number of aromatic nitrogens is 2. The predicted molar refractivity (Wildman–Crippen MR) is 42.1 cm³/mol. The average Bonchev–Trinajstić information content (AvgIpc) is 2.58. The van der Waals surface area contributed by atoms with Gasteiger partial charge in [-0.2, -0.15) is 0 Å². The molecule has 12 heavy (non-hydrogen) atoms. The molecule has 1 atom stereocenters. The number of carbonyl (C=O) groups is 1. The number of rotatable bonds is 1. The van der Waals surface area contributed by atoms with Crippen LogP contribution in [0, 0.1) is 0 Å². The molecule has 0 radical (unpaired) electrons. The smallest absolute Gasteiger partial charge is 0.235 e. The van der Waals surface area contributed by atoms with E-state index in [0.717, 1.165) is 5.82 Å². The number of carbonyl (C=O) groups excluding carboxylic acids is 1. The third-order valence-electron chi connectivity index (χ3n) is 1.89. The average molecular weight is 166 g/mol. The SMILES string of the molecule is Cn1ccnc1C1NCC(=O)N1. The lowest BCUT2D eigenvalue weighted by molar-refractivity contribution is -0.118. The first-order chi connectivity index (χ1) is 5.77. The van der Waals surface area contributed by atoms with Crippen LogP contribution in [0.15, 0.2) is 12.4 Å². The summed E-state index contributed by atoms with van der Waals surface area (Å²) in [6, 6.07) is 0. The third kappa shape index (κ3) is 1.08. The van der Waals surface area contributed by atoms with Gasteiger partial charge in [0.1, 0.15) is 12.0 Å². The molecule has 1 aliphatic rings. The summed E-state index contributed by atoms with van der Waals surface area (Å²) in [6.45, 7) is 0.373. The molecule has 1 unspecified atom stereocenters. The Bertz CT molecular complexity index is 306. The monoisotopic (exact) mass is 166 g/mol. The molecule has 0 saturated carbocycles. The molecule has 1 aromatic rings. The molecule has 5 nitrogen and oxygen atoms in total. The molecule has 0 aromatic carbocycles. The maximum absolute atomic E-state index is 10.8. The van der Waals surface area contributed by atoms with Crippen molar-refractivity contribution >= 4 is 5.91 Å². The topological polar surface area (TPSA) is 59.0 Å². The van der Waals surface area contributed by atoms with E-state index in [2.05, 4.69) is 15.6 Å². The molecule has 0 bridgehead atoms. The second-order valence-electron chi connectivity index (χ2n) is 2.78. The summed E-state index contributed by atoms with van der Waals surface area (Å²) in [5.74, 6) is 0.851. The number of imidazole rings is 1. The van der Waals surface area contributed by atoms with Crippen LogP contribution < -0.4 is 10.6 Å². The molecule has 1 aliphatic heterocycles. The molecule has 1 amide bonds. The van der Waals surface area contributed by atoms with Gasteiger partial charge < -0.3 is 9.88 Å². The fourth-order valence-electron chi connectivity index (χ4n) is 1.27. The normalized spacial score (nSPS) is 22.8. The number of hydrogen-bond donors (Lipinski definition) is 2. The second-order valence-corrected chi connectivity index (χ2v) is 2.78. The summed E-state index contributed by atoms with van der Waals surface area (Å²) in [6.07, 6.45) is 3.43. The Morgan fingerprint density at radius 3 is 3.08 bits per heavy atom. The van der Waals surface area contributed by atoms with E-state index < -0.39 is 0 Å². The molecule has 1 aromatic heterocycles. The van der Waals surface area contributed by atoms with Crippen molar-refractivity contribution in [3.8, 4) is 0 Å². The molecule has 5 heteroatoms. The van der Waals surface area contributed by atoms with Gasteiger partial charge in [0.15, 0.2) is 0 Å². The van der Waals surface area contributed by atoms with Gasteiger partial charge in [-0.1, -0.05) is 0 Å². The van der Waals surface area contributed by atoms with Gasteiger partial charge in [0.05, 0.1) is 6.54 Å². The van der Waals surface area contributed by atoms with Crippen molar-refractivity contribution in [1.82, 2.24) is 20.2 Å². The number of aryl methyl sites for hydroxylation is 1. The van der Waals surface area contributed by atoms with Crippen LogP contribution in [-0.4, -0.2) is 22.0 Å². The van der Waals surface area contributed by atoms with Gasteiger partial charge >= 0.3 is 0 Å². The van der Waals surface area contributed by atoms with E-state index in [4.69, 9.17) is 0 Å². The number of amides is 1. The lowest BCUT2D eigenvalue weighted by Crippen LogP contribution is -2.25. The van der Waals surface area contributed by atoms with Gasteiger partial charge in [-0.25, -0.2) is 4.98 Å². The summed E-state index contributed by atoms with van der Waals surface area (Å²) in [7, 11) is 1.90. The van der Waals surface area contributed by atoms with Crippen LogP contribution in [0.5, 0.6) is 0 Å². The molecular weight excluding hydrogens is 156 g/mol. The Labute approximate surface area is 69.8 Å². The molecule has 1 saturated heterocycles. The molecular formula is C7H10N4O. The van der Waals surface area contributed by atoms with Gasteiger partial charge in [0.25, 0.3) is 0 Å². The van der Waals surface area contributed by atoms with Crippen molar-refractivity contribution in [2.45, 2.75) is 6.17 Å². The van der Waals surface area contributed by atoms with E-state index in [9.17, 15) is 4.79 Å². The van der Waals surface area contributed by atoms with Crippen LogP contribution >= 0.6 is 0 Å². The highest BCUT2D eigenvalue weighted by atomic mass is 16.2. The first-order valence-corrected chi connectivity index (χ1v) is 3.77. The molecule has 0 spiro atoms. The van der Waals surface area contributed by atoms with E-state index in [1.807, 2.05) is 17.8 Å². The van der Waals surface area contributed by atoms with E-state index in [1.54, 1.807) is 6.20 Å². The van der Waals surface area contributed by atoms with Gasteiger partial charge in [-0.3, -0.25) is 10.1 Å². The summed E-state index contributed by atoms with van der Waals surface area (Å²) < 4.78 is 1.88. The lowest BCUT2D eigenvalue weighted by atomic mass is 10.5. The Morgan fingerprint density at radius 2 is 2.58 bits per heavy atom. The highest BCUT2D eigenvalue weighted by Crippen LogP contribution is 2.08. The Balaban J connectivity index is 2.21. The third-order valence-corrected chi connectivity index (χ3v) is 1.89. The van der Waals surface area contributed by atoms with Gasteiger partial charge in [-0.15, -0.1) is 0 Å². The summed E-state index contributed by atoms with van der Waals surface area (Å²) in [5.41, 5.74) is 0. The van der Waals surface area contributed by atoms with Crippen LogP contribution in [0.1, 0.15) is 12.0 Å². The minimum atomic E-state index is -0.127. The van der Waals surface area contributed by atoms with Crippen molar-refractivity contribution in [1.29, 1.82) is 0 Å². The Hall–Kier alpha value is -1.36. The maximum atomic E-state index is 10.8. The molecule has 2 heterocycles. The van der Waals surface area contributed by atoms with Crippen molar-refractivity contribution in [3.05, 3.63) is 18.2 Å². The Kier molecular flexibility index (Phi) is 1.58. The Morgan fingerprint density at radius 1 is 1.75 bits per heavy atom. The van der Waals surface area contributed by atoms with Crippen molar-refractivity contribution in [3.63, 3.8) is 0 Å². The lowest BCUT2D eigenvalue weighted by Gasteiger charge is -2.09. The van der Waals surface area contributed by atoms with Crippen LogP contribution in [0.2, 0.25) is 0 Å². The van der Waals surface area contributed by atoms with E-state index >= 15 is 0 Å². The van der Waals surface area contributed by atoms with Crippen molar-refractivity contribution in [2.24, 2.45) is 7.05 Å². The first kappa shape index (κ1) is 7.30. The van der Waals surface area contributed by atoms with Gasteiger partial charge in [-0.05, 0) is 0 Å². The van der Waals surface area contributed by atoms with Crippen LogP contribution in [0.3, 0.4) is 0 Å². The molecule has 2 rings (SSSR count). The standard InChI is InChI=1S/C7H10N4O/c1-11-3-2-8-7(11)6-9-4-5(12)10-6/h2-3,6,9H,4H2,1H3,(H,10,12). The number of nitrogens with zero attached hydrogens (tertiary/aromatic N) is 2. The molecule has 2 N–H and O–H groups in total. The highest BCUT2D eigenvalue weighted by Gasteiger charge is 2.23. The fraction of sp³-hybridized carbons (Fsp3) is 0.429. The van der Waals surface area contributed by atoms with Gasteiger partial charge in [0.2, 0.25) is 5.91 Å². The number of nitrogens with one attached hydrogen (secondary N) is 2. The molecule has 1 fully saturated rings. The summed E-state index contributed by atoms with van der Waals surface area (Å²) >= 11 is 0. The quantitative estimate of drug-likeness (QED) is 0.570. The second kappa shape index (κ2) is 2.60. The van der Waals surface area contributed by atoms with E-state index in [-0.39, 0.29) is 12.1 Å². The van der Waals surface area contributed by atoms with Gasteiger partial charge in [0, 0.05) is 19.4 Å². The minimum Gasteiger partial charge on any atom is -0.335 e. The zero-order chi connectivity index (χ0) is 8.55. The van der Waals surface area contributed by atoms with E-state index in [0.29, 0.717) is 6.54 Å². The van der Waals surface area contributed by atoms with Crippen molar-refractivity contribution in [2.75, 3.05) is 6.54 Å². The zero-order valence-corrected chi connectivity index (χ0v) is 6.74. The summed E-state index contributed by atoms with van der Waals surface area (Å²) in [4.78, 5) is 15.0. The highest BCUT2D eigenvalue weighted by molar-refractivity contribution is 5.80. The molecule has 64 valence electrons. The van der Waals surface area contributed by atoms with Crippen molar-refractivity contribution < 1.29 is 4.79 Å². The predicted octanol–water partition coefficient (Wildman–Crippen LogP) is -0.862. The zero-order valence-electron chi connectivity index (χ0n) is 6.74. The maximum Gasteiger partial charge on any atom is 0.235 e. The largest absolute Gasteiger partial charge is 0.335 e. The van der Waals surface area contributed by atoms with Crippen LogP contribution in [0.25, 0.3) is 0 Å². The molecule has 0 aliphatic carbocycles. The first-order valence-electron chi connectivity index (χ1n) is 3.77. The van der Waals surface area contributed by atoms with Crippen LogP contribution in [-0.2, 0) is 11.8 Å². The number of hydrogen-bond acceptors (Lipinski definition) is 3.